The van der Waals surface area contributed by atoms with Crippen LogP contribution in [-0.4, -0.2) is 9.97 Å². The molecule has 2 aromatic heterocycles. The van der Waals surface area contributed by atoms with Gasteiger partial charge in [-0.3, -0.25) is 0 Å². The number of benzene rings is 1. The van der Waals surface area contributed by atoms with Gasteiger partial charge in [-0.25, -0.2) is 9.97 Å². The van der Waals surface area contributed by atoms with Gasteiger partial charge in [0, 0.05) is 17.1 Å². The van der Waals surface area contributed by atoms with Gasteiger partial charge in [0.25, 0.3) is 0 Å². The molecule has 0 saturated heterocycles. The Morgan fingerprint density at radius 1 is 0.941 bits per heavy atom. The molecule has 0 atom stereocenters. The summed E-state index contributed by atoms with van der Waals surface area (Å²) < 4.78 is 0. The average molecular weight is 221 g/mol. The van der Waals surface area contributed by atoms with Gasteiger partial charge in [0.1, 0.15) is 5.82 Å². The summed E-state index contributed by atoms with van der Waals surface area (Å²) in [5.74, 6) is 0.512. The molecule has 0 unspecified atom stereocenters. The smallest absolute Gasteiger partial charge is 0.123 e. The van der Waals surface area contributed by atoms with Crippen LogP contribution in [0.1, 0.15) is 0 Å². The number of nitrogen functional groups attached to an aromatic ring is 1. The molecule has 0 amide bonds. The fraction of sp³-hybridized carbons (Fsp3) is 0. The molecule has 82 valence electrons. The fourth-order valence-corrected chi connectivity index (χ4v) is 1.83. The van der Waals surface area contributed by atoms with Crippen LogP contribution in [0.25, 0.3) is 22.2 Å². The van der Waals surface area contributed by atoms with Crippen molar-refractivity contribution in [3.63, 3.8) is 0 Å². The number of nitrogens with zero attached hydrogens (tertiary/aromatic N) is 2. The Labute approximate surface area is 98.9 Å². The minimum atomic E-state index is 0.512. The van der Waals surface area contributed by atoms with Gasteiger partial charge in [0.05, 0.1) is 11.2 Å². The first-order valence-electron chi connectivity index (χ1n) is 5.41. The van der Waals surface area contributed by atoms with Gasteiger partial charge in [0.15, 0.2) is 0 Å². The van der Waals surface area contributed by atoms with Crippen LogP contribution < -0.4 is 5.73 Å². The molecule has 3 heteroatoms. The van der Waals surface area contributed by atoms with Crippen molar-refractivity contribution in [2.24, 2.45) is 0 Å². The first kappa shape index (κ1) is 9.78. The number of aromatic nitrogens is 2. The zero-order valence-corrected chi connectivity index (χ0v) is 9.17. The van der Waals surface area contributed by atoms with E-state index in [0.29, 0.717) is 5.82 Å². The largest absolute Gasteiger partial charge is 0.384 e. The maximum Gasteiger partial charge on any atom is 0.123 e. The van der Waals surface area contributed by atoms with E-state index >= 15 is 0 Å². The monoisotopic (exact) mass is 221 g/mol. The van der Waals surface area contributed by atoms with Crippen LogP contribution in [0.5, 0.6) is 0 Å². The van der Waals surface area contributed by atoms with Crippen LogP contribution in [0.3, 0.4) is 0 Å². The number of hydrogen-bond donors (Lipinski definition) is 1. The van der Waals surface area contributed by atoms with Crippen molar-refractivity contribution in [1.29, 1.82) is 0 Å². The van der Waals surface area contributed by atoms with Gasteiger partial charge < -0.3 is 5.73 Å². The summed E-state index contributed by atoms with van der Waals surface area (Å²) >= 11 is 0. The van der Waals surface area contributed by atoms with Gasteiger partial charge in [-0.2, -0.15) is 0 Å². The summed E-state index contributed by atoms with van der Waals surface area (Å²) in [6, 6.07) is 15.8. The summed E-state index contributed by atoms with van der Waals surface area (Å²) in [6.45, 7) is 0. The Morgan fingerprint density at radius 2 is 1.82 bits per heavy atom. The topological polar surface area (TPSA) is 51.8 Å². The highest BCUT2D eigenvalue weighted by Crippen LogP contribution is 2.21. The number of anilines is 1. The van der Waals surface area contributed by atoms with Crippen molar-refractivity contribution < 1.29 is 0 Å². The van der Waals surface area contributed by atoms with Crippen molar-refractivity contribution >= 4 is 16.7 Å². The molecule has 1 aromatic carbocycles. The van der Waals surface area contributed by atoms with Crippen LogP contribution in [0.4, 0.5) is 5.82 Å². The lowest BCUT2D eigenvalue weighted by Crippen LogP contribution is -1.91. The zero-order chi connectivity index (χ0) is 11.7. The molecular weight excluding hydrogens is 210 g/mol. The number of rotatable bonds is 1. The molecule has 0 fully saturated rings. The number of para-hydroxylation sites is 1. The van der Waals surface area contributed by atoms with Gasteiger partial charge in [-0.05, 0) is 24.3 Å². The molecule has 3 rings (SSSR count). The molecule has 0 aliphatic heterocycles. The summed E-state index contributed by atoms with van der Waals surface area (Å²) in [7, 11) is 0. The Kier molecular flexibility index (Phi) is 2.22. The van der Waals surface area contributed by atoms with E-state index in [1.165, 1.54) is 0 Å². The summed E-state index contributed by atoms with van der Waals surface area (Å²) in [4.78, 5) is 8.58. The van der Waals surface area contributed by atoms with Crippen molar-refractivity contribution in [2.45, 2.75) is 0 Å². The number of pyridine rings is 2. The Morgan fingerprint density at radius 3 is 2.71 bits per heavy atom. The van der Waals surface area contributed by atoms with Gasteiger partial charge in [0.2, 0.25) is 0 Å². The van der Waals surface area contributed by atoms with Crippen molar-refractivity contribution in [3.05, 3.63) is 54.7 Å². The van der Waals surface area contributed by atoms with Gasteiger partial charge >= 0.3 is 0 Å². The van der Waals surface area contributed by atoms with Crippen molar-refractivity contribution in [1.82, 2.24) is 9.97 Å². The minimum Gasteiger partial charge on any atom is -0.384 e. The molecule has 17 heavy (non-hydrogen) atoms. The lowest BCUT2D eigenvalue weighted by atomic mass is 10.1. The molecule has 2 N–H and O–H groups in total. The Balaban J connectivity index is 2.18. The Hall–Kier alpha value is -2.42. The maximum atomic E-state index is 5.67. The third-order valence-electron chi connectivity index (χ3n) is 2.68. The third kappa shape index (κ3) is 1.83. The van der Waals surface area contributed by atoms with E-state index in [1.54, 1.807) is 6.20 Å². The first-order valence-corrected chi connectivity index (χ1v) is 5.41. The van der Waals surface area contributed by atoms with Gasteiger partial charge in [-0.1, -0.05) is 24.3 Å². The zero-order valence-electron chi connectivity index (χ0n) is 9.17. The standard InChI is InChI=1S/C14H11N3/c15-14-9-11(7-8-16-14)13-6-5-10-3-1-2-4-12(10)17-13/h1-9H,(H2,15,16). The van der Waals surface area contributed by atoms with Crippen molar-refractivity contribution in [3.8, 4) is 11.3 Å². The van der Waals surface area contributed by atoms with Crippen LogP contribution in [0.15, 0.2) is 54.7 Å². The lowest BCUT2D eigenvalue weighted by Gasteiger charge is -2.03. The molecular formula is C14H11N3. The molecule has 0 saturated carbocycles. The first-order chi connectivity index (χ1) is 8.33. The quantitative estimate of drug-likeness (QED) is 0.687. The van der Waals surface area contributed by atoms with E-state index in [1.807, 2.05) is 42.5 Å². The van der Waals surface area contributed by atoms with E-state index in [2.05, 4.69) is 16.0 Å². The molecule has 0 radical (unpaired) electrons. The summed E-state index contributed by atoms with van der Waals surface area (Å²) in [6.07, 6.45) is 1.70. The SMILES string of the molecule is Nc1cc(-c2ccc3ccccc3n2)ccn1. The second-order valence-electron chi connectivity index (χ2n) is 3.86. The lowest BCUT2D eigenvalue weighted by molar-refractivity contribution is 1.32. The van der Waals surface area contributed by atoms with E-state index in [4.69, 9.17) is 5.73 Å². The van der Waals surface area contributed by atoms with Gasteiger partial charge in [-0.15, -0.1) is 0 Å². The average Bonchev–Trinajstić information content (AvgIpc) is 2.38. The molecule has 0 aliphatic rings. The molecule has 3 nitrogen and oxygen atoms in total. The van der Waals surface area contributed by atoms with Crippen molar-refractivity contribution in [2.75, 3.05) is 5.73 Å². The molecule has 0 aliphatic carbocycles. The molecule has 3 aromatic rings. The second-order valence-corrected chi connectivity index (χ2v) is 3.86. The number of fused-ring (bicyclic) bond motifs is 1. The highest BCUT2D eigenvalue weighted by atomic mass is 14.8. The predicted molar refractivity (Wildman–Crippen MR) is 69.4 cm³/mol. The highest BCUT2D eigenvalue weighted by molar-refractivity contribution is 5.81. The summed E-state index contributed by atoms with van der Waals surface area (Å²) in [5.41, 5.74) is 8.56. The van der Waals surface area contributed by atoms with Crippen LogP contribution in [0.2, 0.25) is 0 Å². The summed E-state index contributed by atoms with van der Waals surface area (Å²) in [5, 5.41) is 1.14. The molecule has 2 heterocycles. The third-order valence-corrected chi connectivity index (χ3v) is 2.68. The van der Waals surface area contributed by atoms with E-state index in [0.717, 1.165) is 22.2 Å². The number of hydrogen-bond acceptors (Lipinski definition) is 3. The fourth-order valence-electron chi connectivity index (χ4n) is 1.83. The van der Waals surface area contributed by atoms with Crippen LogP contribution >= 0.6 is 0 Å². The Bertz CT molecular complexity index is 677. The number of nitrogens with two attached hydrogens (primary N) is 1. The maximum absolute atomic E-state index is 5.67. The van der Waals surface area contributed by atoms with Crippen LogP contribution in [0, 0.1) is 0 Å². The normalized spacial score (nSPS) is 10.6. The van der Waals surface area contributed by atoms with E-state index in [9.17, 15) is 0 Å². The predicted octanol–water partition coefficient (Wildman–Crippen LogP) is 2.88. The molecule has 0 spiro atoms. The highest BCUT2D eigenvalue weighted by Gasteiger charge is 2.01. The van der Waals surface area contributed by atoms with Crippen LogP contribution in [-0.2, 0) is 0 Å². The second kappa shape index (κ2) is 3.87. The van der Waals surface area contributed by atoms with E-state index < -0.39 is 0 Å². The molecule has 0 bridgehead atoms. The minimum absolute atomic E-state index is 0.512. The van der Waals surface area contributed by atoms with E-state index in [-0.39, 0.29) is 0 Å².